The molecule has 2 aliphatic carbocycles. The van der Waals surface area contributed by atoms with Crippen LogP contribution >= 0.6 is 0 Å². The van der Waals surface area contributed by atoms with Gasteiger partial charge in [-0.05, 0) is 54.9 Å². The third-order valence-corrected chi connectivity index (χ3v) is 5.31. The average Bonchev–Trinajstić information content (AvgIpc) is 3.50. The smallest absolute Gasteiger partial charge is 0.259 e. The van der Waals surface area contributed by atoms with Crippen molar-refractivity contribution in [1.82, 2.24) is 9.78 Å². The summed E-state index contributed by atoms with van der Waals surface area (Å²) in [4.78, 5) is 12.8. The van der Waals surface area contributed by atoms with Crippen molar-refractivity contribution in [3.63, 3.8) is 0 Å². The molecule has 1 aromatic carbocycles. The third kappa shape index (κ3) is 4.14. The molecule has 1 amide bonds. The van der Waals surface area contributed by atoms with E-state index in [1.807, 2.05) is 12.1 Å². The first-order valence-corrected chi connectivity index (χ1v) is 9.76. The Morgan fingerprint density at radius 1 is 1.29 bits per heavy atom. The number of hydrogen-bond acceptors (Lipinski definition) is 3. The van der Waals surface area contributed by atoms with Crippen LogP contribution in [0.5, 0.6) is 0 Å². The van der Waals surface area contributed by atoms with E-state index in [1.165, 1.54) is 10.9 Å². The lowest BCUT2D eigenvalue weighted by Gasteiger charge is -2.23. The van der Waals surface area contributed by atoms with Gasteiger partial charge in [0.2, 0.25) is 0 Å². The molecule has 0 saturated heterocycles. The quantitative estimate of drug-likeness (QED) is 0.711. The molecular weight excluding hydrogens is 362 g/mol. The Hall–Kier alpha value is -2.15. The maximum absolute atomic E-state index is 12.8. The van der Waals surface area contributed by atoms with Gasteiger partial charge in [0.15, 0.2) is 0 Å². The molecule has 5 nitrogen and oxygen atoms in total. The van der Waals surface area contributed by atoms with Crippen LogP contribution in [0.15, 0.2) is 24.4 Å². The zero-order chi connectivity index (χ0) is 20.1. The number of amides is 1. The molecule has 2 fully saturated rings. The summed E-state index contributed by atoms with van der Waals surface area (Å²) in [5, 5.41) is 16.6. The van der Waals surface area contributed by atoms with Crippen LogP contribution in [0.1, 0.15) is 64.7 Å². The van der Waals surface area contributed by atoms with Crippen molar-refractivity contribution in [1.29, 1.82) is 0 Å². The van der Waals surface area contributed by atoms with Crippen LogP contribution in [0.2, 0.25) is 0 Å². The predicted molar refractivity (Wildman–Crippen MR) is 108 cm³/mol. The molecule has 0 radical (unpaired) electrons. The van der Waals surface area contributed by atoms with Gasteiger partial charge in [-0.25, -0.2) is 8.78 Å². The minimum absolute atomic E-state index is 0.180. The van der Waals surface area contributed by atoms with E-state index in [9.17, 15) is 18.7 Å². The molecule has 0 unspecified atom stereocenters. The number of benzene rings is 1. The van der Waals surface area contributed by atoms with Crippen molar-refractivity contribution in [2.45, 2.75) is 55.9 Å². The summed E-state index contributed by atoms with van der Waals surface area (Å²) in [5.74, 6) is 0.258. The van der Waals surface area contributed by atoms with Gasteiger partial charge in [0.25, 0.3) is 12.3 Å². The minimum atomic E-state index is -2.52. The normalized spacial score (nSPS) is 17.1. The van der Waals surface area contributed by atoms with Gasteiger partial charge in [0.05, 0.1) is 11.3 Å². The van der Waals surface area contributed by atoms with E-state index < -0.39 is 18.4 Å². The number of anilines is 1. The molecular formula is C19H23B2F2N3O2. The van der Waals surface area contributed by atoms with E-state index in [-0.39, 0.29) is 11.8 Å². The molecule has 2 aliphatic rings. The fraction of sp³-hybridized carbons (Fsp3) is 0.474. The highest BCUT2D eigenvalue weighted by molar-refractivity contribution is 6.38. The number of alkyl halides is 2. The van der Waals surface area contributed by atoms with E-state index in [0.717, 1.165) is 36.8 Å². The summed E-state index contributed by atoms with van der Waals surface area (Å²) in [6, 6.07) is 5.55. The van der Waals surface area contributed by atoms with Gasteiger partial charge in [-0.3, -0.25) is 9.48 Å². The molecule has 4 rings (SSSR count). The minimum Gasteiger partial charge on any atom is -0.403 e. The predicted octanol–water partition coefficient (Wildman–Crippen LogP) is 1.52. The van der Waals surface area contributed by atoms with Crippen LogP contribution < -0.4 is 5.32 Å². The Kier molecular flexibility index (Phi) is 4.81. The van der Waals surface area contributed by atoms with Crippen molar-refractivity contribution in [3.8, 4) is 0 Å². The summed E-state index contributed by atoms with van der Waals surface area (Å²) < 4.78 is 26.6. The summed E-state index contributed by atoms with van der Waals surface area (Å²) in [6.45, 7) is -0.515. The Labute approximate surface area is 164 Å². The molecule has 1 heterocycles. The molecule has 28 heavy (non-hydrogen) atoms. The van der Waals surface area contributed by atoms with Gasteiger partial charge in [-0.15, -0.1) is 0 Å². The monoisotopic (exact) mass is 385 g/mol. The Balaban J connectivity index is 1.59. The second kappa shape index (κ2) is 7.03. The second-order valence-corrected chi connectivity index (χ2v) is 8.40. The van der Waals surface area contributed by atoms with Gasteiger partial charge in [-0.2, -0.15) is 5.10 Å². The molecule has 0 aliphatic heterocycles. The van der Waals surface area contributed by atoms with Crippen LogP contribution in [0.3, 0.4) is 0 Å². The number of nitrogens with zero attached hydrogens (tertiary/aromatic N) is 2. The third-order valence-electron chi connectivity index (χ3n) is 5.31. The van der Waals surface area contributed by atoms with Gasteiger partial charge in [0.1, 0.15) is 22.2 Å². The fourth-order valence-electron chi connectivity index (χ4n) is 3.63. The van der Waals surface area contributed by atoms with Crippen LogP contribution in [0.25, 0.3) is 0 Å². The lowest BCUT2D eigenvalue weighted by atomic mass is 9.60. The highest BCUT2D eigenvalue weighted by Crippen LogP contribution is 2.44. The van der Waals surface area contributed by atoms with E-state index in [1.54, 1.807) is 21.8 Å². The molecule has 1 aromatic heterocycles. The SMILES string of the molecule is BC(B)(O)c1ccc(NC(=O)c2cn(CC(F)F)nc2C2CC2)cc1C1CC1. The van der Waals surface area contributed by atoms with Gasteiger partial charge in [-0.1, -0.05) is 6.07 Å². The van der Waals surface area contributed by atoms with Crippen molar-refractivity contribution in [2.24, 2.45) is 0 Å². The molecule has 2 aromatic rings. The Bertz CT molecular complexity index is 903. The van der Waals surface area contributed by atoms with Crippen molar-refractivity contribution in [3.05, 3.63) is 46.8 Å². The number of aliphatic hydroxyl groups is 1. The molecule has 9 heteroatoms. The van der Waals surface area contributed by atoms with Crippen molar-refractivity contribution < 1.29 is 18.7 Å². The number of carbonyl (C=O) groups excluding carboxylic acids is 1. The molecule has 146 valence electrons. The van der Waals surface area contributed by atoms with E-state index >= 15 is 0 Å². The van der Waals surface area contributed by atoms with Crippen LogP contribution in [0, 0.1) is 0 Å². The topological polar surface area (TPSA) is 67.2 Å². The summed E-state index contributed by atoms with van der Waals surface area (Å²) in [7, 11) is 3.51. The molecule has 2 saturated carbocycles. The fourth-order valence-corrected chi connectivity index (χ4v) is 3.63. The first-order chi connectivity index (χ1) is 13.2. The second-order valence-electron chi connectivity index (χ2n) is 8.40. The Morgan fingerprint density at radius 2 is 1.96 bits per heavy atom. The number of hydrogen-bond donors (Lipinski definition) is 2. The molecule has 0 atom stereocenters. The average molecular weight is 385 g/mol. The van der Waals surface area contributed by atoms with Crippen molar-refractivity contribution in [2.75, 3.05) is 5.32 Å². The Morgan fingerprint density at radius 3 is 2.54 bits per heavy atom. The maximum Gasteiger partial charge on any atom is 0.259 e. The molecule has 0 bridgehead atoms. The first-order valence-electron chi connectivity index (χ1n) is 9.76. The van der Waals surface area contributed by atoms with E-state index in [4.69, 9.17) is 0 Å². The van der Waals surface area contributed by atoms with Crippen LogP contribution in [-0.4, -0.2) is 42.9 Å². The zero-order valence-corrected chi connectivity index (χ0v) is 16.1. The lowest BCUT2D eigenvalue weighted by Crippen LogP contribution is -2.27. The number of halogens is 2. The first kappa shape index (κ1) is 19.2. The highest BCUT2D eigenvalue weighted by atomic mass is 19.3. The maximum atomic E-state index is 12.8. The summed E-state index contributed by atoms with van der Waals surface area (Å²) in [6.07, 6.45) is 2.91. The van der Waals surface area contributed by atoms with Gasteiger partial charge < -0.3 is 10.4 Å². The van der Waals surface area contributed by atoms with E-state index in [2.05, 4.69) is 10.4 Å². The number of nitrogens with one attached hydrogen (secondary N) is 1. The van der Waals surface area contributed by atoms with Crippen LogP contribution in [0.4, 0.5) is 14.5 Å². The summed E-state index contributed by atoms with van der Waals surface area (Å²) >= 11 is 0. The number of rotatable bonds is 7. The zero-order valence-electron chi connectivity index (χ0n) is 16.1. The highest BCUT2D eigenvalue weighted by Gasteiger charge is 2.33. The largest absolute Gasteiger partial charge is 0.403 e. The van der Waals surface area contributed by atoms with E-state index in [0.29, 0.717) is 22.9 Å². The van der Waals surface area contributed by atoms with Crippen molar-refractivity contribution >= 4 is 27.3 Å². The number of aromatic nitrogens is 2. The molecule has 2 N–H and O–H groups in total. The standard InChI is InChI=1S/C19H23B2F2N3O2/c20-19(21,28)15-6-5-12(7-13(15)10-1-2-10)24-18(27)14-8-26(9-16(22)23)25-17(14)11-3-4-11/h5-8,10-11,16,28H,1-4,9,20-21H2,(H,24,27). The number of carbonyl (C=O) groups is 1. The van der Waals surface area contributed by atoms with Gasteiger partial charge in [0, 0.05) is 23.2 Å². The van der Waals surface area contributed by atoms with Crippen LogP contribution in [-0.2, 0) is 11.9 Å². The lowest BCUT2D eigenvalue weighted by molar-refractivity contribution is 0.102. The van der Waals surface area contributed by atoms with Gasteiger partial charge >= 0.3 is 0 Å². The summed E-state index contributed by atoms with van der Waals surface area (Å²) in [5.41, 5.74) is 3.54. The molecule has 0 spiro atoms.